The molecule has 3 rings (SSSR count). The fourth-order valence-corrected chi connectivity index (χ4v) is 3.06. The Labute approximate surface area is 159 Å². The summed E-state index contributed by atoms with van der Waals surface area (Å²) in [5, 5.41) is 4.97. The van der Waals surface area contributed by atoms with Crippen molar-refractivity contribution in [3.63, 3.8) is 0 Å². The van der Waals surface area contributed by atoms with E-state index in [9.17, 15) is 4.79 Å². The van der Waals surface area contributed by atoms with E-state index in [2.05, 4.69) is 10.2 Å². The second-order valence-corrected chi connectivity index (χ2v) is 6.60. The van der Waals surface area contributed by atoms with Gasteiger partial charge in [-0.2, -0.15) is 0 Å². The lowest BCUT2D eigenvalue weighted by Crippen LogP contribution is -2.36. The van der Waals surface area contributed by atoms with Crippen LogP contribution in [0, 0.1) is 0 Å². The Bertz CT molecular complexity index is 916. The van der Waals surface area contributed by atoms with Gasteiger partial charge in [0.15, 0.2) is 0 Å². The lowest BCUT2D eigenvalue weighted by atomic mass is 10.1. The molecule has 1 unspecified atom stereocenters. The fourth-order valence-electron chi connectivity index (χ4n) is 3.06. The predicted octanol–water partition coefficient (Wildman–Crippen LogP) is 3.52. The summed E-state index contributed by atoms with van der Waals surface area (Å²) < 4.78 is 12.0. The molecular formula is C21H25N3O3. The van der Waals surface area contributed by atoms with Crippen LogP contribution in [0.3, 0.4) is 0 Å². The van der Waals surface area contributed by atoms with Crippen molar-refractivity contribution in [2.75, 3.05) is 34.9 Å². The quantitative estimate of drug-likeness (QED) is 0.724. The highest BCUT2D eigenvalue weighted by Gasteiger charge is 2.16. The molecule has 0 aliphatic heterocycles. The summed E-state index contributed by atoms with van der Waals surface area (Å²) in [5.41, 5.74) is 1.11. The van der Waals surface area contributed by atoms with E-state index in [1.807, 2.05) is 69.0 Å². The monoisotopic (exact) mass is 367 g/mol. The van der Waals surface area contributed by atoms with E-state index in [4.69, 9.17) is 9.47 Å². The zero-order valence-corrected chi connectivity index (χ0v) is 16.1. The topological polar surface area (TPSA) is 55.7 Å². The van der Waals surface area contributed by atoms with Crippen LogP contribution in [0.5, 0.6) is 11.5 Å². The van der Waals surface area contributed by atoms with Gasteiger partial charge < -0.3 is 19.7 Å². The number of methoxy groups -OCH3 is 2. The Morgan fingerprint density at radius 1 is 1.00 bits per heavy atom. The normalized spacial score (nSPS) is 12.2. The van der Waals surface area contributed by atoms with Crippen LogP contribution < -0.4 is 14.8 Å². The third kappa shape index (κ3) is 4.23. The molecule has 1 aromatic heterocycles. The van der Waals surface area contributed by atoms with Gasteiger partial charge in [-0.3, -0.25) is 4.57 Å². The highest BCUT2D eigenvalue weighted by atomic mass is 16.5. The molecule has 3 aromatic rings. The molecular weight excluding hydrogens is 342 g/mol. The van der Waals surface area contributed by atoms with E-state index >= 15 is 0 Å². The van der Waals surface area contributed by atoms with Crippen LogP contribution in [0.2, 0.25) is 0 Å². The van der Waals surface area contributed by atoms with Gasteiger partial charge in [0, 0.05) is 29.7 Å². The minimum absolute atomic E-state index is 0.0601. The number of carbonyl (C=O) groups excluding carboxylic acids is 1. The van der Waals surface area contributed by atoms with E-state index in [1.165, 1.54) is 0 Å². The van der Waals surface area contributed by atoms with Crippen molar-refractivity contribution >= 4 is 16.8 Å². The number of hydrogen-bond donors (Lipinski definition) is 1. The lowest BCUT2D eigenvalue weighted by molar-refractivity contribution is 0.234. The summed E-state index contributed by atoms with van der Waals surface area (Å²) in [6, 6.07) is 13.5. The van der Waals surface area contributed by atoms with Crippen LogP contribution in [0.25, 0.3) is 10.8 Å². The summed E-state index contributed by atoms with van der Waals surface area (Å²) >= 11 is 0. The molecule has 0 radical (unpaired) electrons. The molecule has 27 heavy (non-hydrogen) atoms. The molecule has 1 amide bonds. The number of nitrogens with zero attached hydrogens (tertiary/aromatic N) is 2. The predicted molar refractivity (Wildman–Crippen MR) is 107 cm³/mol. The Kier molecular flexibility index (Phi) is 5.66. The lowest BCUT2D eigenvalue weighted by Gasteiger charge is -2.25. The Morgan fingerprint density at radius 2 is 1.63 bits per heavy atom. The molecule has 2 aromatic carbocycles. The molecule has 6 heteroatoms. The SMILES string of the molecule is COc1ccc(C(CNC(=O)n2cc3ccc(OC)cc3c2)N(C)C)cc1. The maximum absolute atomic E-state index is 12.6. The molecule has 0 spiro atoms. The summed E-state index contributed by atoms with van der Waals surface area (Å²) in [5.74, 6) is 1.59. The number of fused-ring (bicyclic) bond motifs is 1. The molecule has 1 N–H and O–H groups in total. The fraction of sp³-hybridized carbons (Fsp3) is 0.286. The zero-order valence-electron chi connectivity index (χ0n) is 16.1. The first-order valence-corrected chi connectivity index (χ1v) is 8.76. The molecule has 6 nitrogen and oxygen atoms in total. The highest BCUT2D eigenvalue weighted by Crippen LogP contribution is 2.22. The van der Waals surface area contributed by atoms with Crippen LogP contribution >= 0.6 is 0 Å². The average Bonchev–Trinajstić information content (AvgIpc) is 3.11. The van der Waals surface area contributed by atoms with E-state index in [0.717, 1.165) is 27.8 Å². The van der Waals surface area contributed by atoms with Gasteiger partial charge in [0.1, 0.15) is 11.5 Å². The summed E-state index contributed by atoms with van der Waals surface area (Å²) in [4.78, 5) is 14.7. The third-order valence-corrected chi connectivity index (χ3v) is 4.66. The average molecular weight is 367 g/mol. The molecule has 0 saturated heterocycles. The number of likely N-dealkylation sites (N-methyl/N-ethyl adjacent to an activating group) is 1. The molecule has 1 heterocycles. The van der Waals surface area contributed by atoms with Gasteiger partial charge >= 0.3 is 6.03 Å². The van der Waals surface area contributed by atoms with E-state index < -0.39 is 0 Å². The maximum Gasteiger partial charge on any atom is 0.325 e. The van der Waals surface area contributed by atoms with Crippen LogP contribution in [0.1, 0.15) is 11.6 Å². The number of rotatable bonds is 6. The van der Waals surface area contributed by atoms with Crippen molar-refractivity contribution < 1.29 is 14.3 Å². The number of aromatic nitrogens is 1. The first-order chi connectivity index (χ1) is 13.0. The number of amides is 1. The number of carbonyl (C=O) groups is 1. The number of nitrogens with one attached hydrogen (secondary N) is 1. The minimum atomic E-state index is -0.162. The second kappa shape index (κ2) is 8.14. The largest absolute Gasteiger partial charge is 0.497 e. The number of benzene rings is 2. The van der Waals surface area contributed by atoms with Gasteiger partial charge in [-0.15, -0.1) is 0 Å². The molecule has 142 valence electrons. The van der Waals surface area contributed by atoms with Crippen molar-refractivity contribution in [2.24, 2.45) is 0 Å². The molecule has 0 fully saturated rings. The second-order valence-electron chi connectivity index (χ2n) is 6.60. The van der Waals surface area contributed by atoms with Gasteiger partial charge in [-0.05, 0) is 50.0 Å². The zero-order chi connectivity index (χ0) is 19.4. The highest BCUT2D eigenvalue weighted by molar-refractivity contribution is 5.89. The Hall–Kier alpha value is -2.99. The summed E-state index contributed by atoms with van der Waals surface area (Å²) in [7, 11) is 7.27. The van der Waals surface area contributed by atoms with Crippen molar-refractivity contribution in [1.29, 1.82) is 0 Å². The van der Waals surface area contributed by atoms with Gasteiger partial charge in [0.05, 0.1) is 20.3 Å². The van der Waals surface area contributed by atoms with Crippen LogP contribution in [0.15, 0.2) is 54.9 Å². The van der Waals surface area contributed by atoms with E-state index in [-0.39, 0.29) is 12.1 Å². The molecule has 0 bridgehead atoms. The standard InChI is InChI=1S/C21H25N3O3/c1-23(2)20(15-5-8-18(26-3)9-6-15)12-22-21(25)24-13-16-7-10-19(27-4)11-17(16)14-24/h5-11,13-14,20H,12H2,1-4H3,(H,22,25). The summed E-state index contributed by atoms with van der Waals surface area (Å²) in [6.45, 7) is 0.496. The van der Waals surface area contributed by atoms with Crippen molar-refractivity contribution in [2.45, 2.75) is 6.04 Å². The molecule has 0 saturated carbocycles. The number of hydrogen-bond acceptors (Lipinski definition) is 4. The molecule has 0 aliphatic carbocycles. The van der Waals surface area contributed by atoms with Crippen molar-refractivity contribution in [3.05, 3.63) is 60.4 Å². The smallest absolute Gasteiger partial charge is 0.325 e. The maximum atomic E-state index is 12.6. The Balaban J connectivity index is 1.72. The van der Waals surface area contributed by atoms with Crippen molar-refractivity contribution in [1.82, 2.24) is 14.8 Å². The third-order valence-electron chi connectivity index (χ3n) is 4.66. The first-order valence-electron chi connectivity index (χ1n) is 8.76. The van der Waals surface area contributed by atoms with Gasteiger partial charge in [-0.25, -0.2) is 4.79 Å². The van der Waals surface area contributed by atoms with E-state index in [1.54, 1.807) is 18.8 Å². The van der Waals surface area contributed by atoms with E-state index in [0.29, 0.717) is 6.54 Å². The van der Waals surface area contributed by atoms with Gasteiger partial charge in [0.2, 0.25) is 0 Å². The Morgan fingerprint density at radius 3 is 2.26 bits per heavy atom. The van der Waals surface area contributed by atoms with Gasteiger partial charge in [-0.1, -0.05) is 12.1 Å². The van der Waals surface area contributed by atoms with Gasteiger partial charge in [0.25, 0.3) is 0 Å². The summed E-state index contributed by atoms with van der Waals surface area (Å²) in [6.07, 6.45) is 3.63. The first kappa shape index (κ1) is 18.8. The minimum Gasteiger partial charge on any atom is -0.497 e. The van der Waals surface area contributed by atoms with Crippen LogP contribution in [-0.4, -0.2) is 50.4 Å². The number of ether oxygens (including phenoxy) is 2. The molecule has 0 aliphatic rings. The molecule has 1 atom stereocenters. The van der Waals surface area contributed by atoms with Crippen molar-refractivity contribution in [3.8, 4) is 11.5 Å². The van der Waals surface area contributed by atoms with Crippen LogP contribution in [-0.2, 0) is 0 Å². The van der Waals surface area contributed by atoms with Crippen LogP contribution in [0.4, 0.5) is 4.79 Å².